The molecule has 0 aliphatic heterocycles. The second-order valence-corrected chi connectivity index (χ2v) is 7.76. The van der Waals surface area contributed by atoms with Crippen molar-refractivity contribution in [1.82, 2.24) is 0 Å². The lowest BCUT2D eigenvalue weighted by molar-refractivity contribution is 0.179. The summed E-state index contributed by atoms with van der Waals surface area (Å²) in [5.74, 6) is 0. The van der Waals surface area contributed by atoms with Gasteiger partial charge in [-0.25, -0.2) is 0 Å². The van der Waals surface area contributed by atoms with Crippen LogP contribution < -0.4 is 0 Å². The fourth-order valence-electron chi connectivity index (χ4n) is 1.26. The van der Waals surface area contributed by atoms with Crippen molar-refractivity contribution in [2.75, 3.05) is 0 Å². The number of rotatable bonds is 3. The standard InChI is InChI=1S/C10H8BrIOS2/c11-7-1-2-14-9(7)4-8(13)6-3-10(12)15-5-6/h1-3,5,8,13H,4H2. The molecule has 2 heterocycles. The summed E-state index contributed by atoms with van der Waals surface area (Å²) in [5.41, 5.74) is 1.02. The lowest BCUT2D eigenvalue weighted by Gasteiger charge is -2.07. The maximum Gasteiger partial charge on any atom is 0.0847 e. The van der Waals surface area contributed by atoms with E-state index < -0.39 is 0 Å². The topological polar surface area (TPSA) is 20.2 Å². The third-order valence-corrected chi connectivity index (χ3v) is 5.80. The average molecular weight is 415 g/mol. The summed E-state index contributed by atoms with van der Waals surface area (Å²) in [5, 5.41) is 14.1. The summed E-state index contributed by atoms with van der Waals surface area (Å²) in [6, 6.07) is 4.06. The van der Waals surface area contributed by atoms with Crippen LogP contribution in [0.2, 0.25) is 0 Å². The Morgan fingerprint density at radius 2 is 2.27 bits per heavy atom. The molecule has 15 heavy (non-hydrogen) atoms. The highest BCUT2D eigenvalue weighted by atomic mass is 127. The Hall–Kier alpha value is 0.570. The second kappa shape index (κ2) is 5.27. The molecule has 5 heteroatoms. The van der Waals surface area contributed by atoms with Crippen LogP contribution >= 0.6 is 61.2 Å². The minimum absolute atomic E-state index is 0.389. The zero-order chi connectivity index (χ0) is 10.8. The summed E-state index contributed by atoms with van der Waals surface area (Å²) >= 11 is 9.09. The number of hydrogen-bond acceptors (Lipinski definition) is 3. The van der Waals surface area contributed by atoms with Crippen LogP contribution in [0.25, 0.3) is 0 Å². The highest BCUT2D eigenvalue weighted by Crippen LogP contribution is 2.30. The van der Waals surface area contributed by atoms with Crippen LogP contribution in [0.3, 0.4) is 0 Å². The molecule has 0 aromatic carbocycles. The predicted octanol–water partition coefficient (Wildman–Crippen LogP) is 4.45. The van der Waals surface area contributed by atoms with Gasteiger partial charge in [0.1, 0.15) is 0 Å². The summed E-state index contributed by atoms with van der Waals surface area (Å²) in [4.78, 5) is 1.20. The van der Waals surface area contributed by atoms with Gasteiger partial charge in [-0.05, 0) is 67.0 Å². The average Bonchev–Trinajstić information content (AvgIpc) is 2.77. The van der Waals surface area contributed by atoms with E-state index in [1.165, 1.54) is 7.76 Å². The van der Waals surface area contributed by atoms with E-state index >= 15 is 0 Å². The van der Waals surface area contributed by atoms with Gasteiger partial charge < -0.3 is 5.11 Å². The number of halogens is 2. The van der Waals surface area contributed by atoms with E-state index in [1.807, 2.05) is 22.9 Å². The lowest BCUT2D eigenvalue weighted by atomic mass is 10.1. The summed E-state index contributed by atoms with van der Waals surface area (Å²) in [7, 11) is 0. The van der Waals surface area contributed by atoms with Crippen molar-refractivity contribution in [3.05, 3.63) is 40.7 Å². The molecule has 0 saturated heterocycles. The third kappa shape index (κ3) is 3.03. The summed E-state index contributed by atoms with van der Waals surface area (Å²) in [6.07, 6.45) is 0.296. The molecule has 2 rings (SSSR count). The highest BCUT2D eigenvalue weighted by Gasteiger charge is 2.12. The maximum atomic E-state index is 10.0. The zero-order valence-electron chi connectivity index (χ0n) is 7.61. The molecule has 0 aliphatic carbocycles. The van der Waals surface area contributed by atoms with E-state index in [9.17, 15) is 5.11 Å². The molecule has 1 atom stereocenters. The predicted molar refractivity (Wildman–Crippen MR) is 77.7 cm³/mol. The third-order valence-electron chi connectivity index (χ3n) is 2.04. The van der Waals surface area contributed by atoms with Crippen molar-refractivity contribution >= 4 is 61.2 Å². The summed E-state index contributed by atoms with van der Waals surface area (Å²) < 4.78 is 2.31. The number of thiophene rings is 2. The van der Waals surface area contributed by atoms with Crippen LogP contribution in [0.5, 0.6) is 0 Å². The molecule has 0 aliphatic rings. The molecule has 0 amide bonds. The second-order valence-electron chi connectivity index (χ2n) is 3.10. The molecule has 80 valence electrons. The van der Waals surface area contributed by atoms with Crippen LogP contribution in [0.15, 0.2) is 27.4 Å². The van der Waals surface area contributed by atoms with Crippen molar-refractivity contribution in [2.24, 2.45) is 0 Å². The minimum atomic E-state index is -0.389. The van der Waals surface area contributed by atoms with E-state index in [2.05, 4.69) is 38.5 Å². The van der Waals surface area contributed by atoms with E-state index in [0.29, 0.717) is 6.42 Å². The van der Waals surface area contributed by atoms with E-state index in [1.54, 1.807) is 22.7 Å². The SMILES string of the molecule is OC(Cc1sccc1Br)c1csc(I)c1. The molecular formula is C10H8BrIOS2. The van der Waals surface area contributed by atoms with Gasteiger partial charge in [0.2, 0.25) is 0 Å². The van der Waals surface area contributed by atoms with Crippen molar-refractivity contribution in [3.63, 3.8) is 0 Å². The zero-order valence-corrected chi connectivity index (χ0v) is 13.0. The molecule has 0 bridgehead atoms. The molecule has 0 radical (unpaired) electrons. The first-order valence-corrected chi connectivity index (χ1v) is 7.94. The Morgan fingerprint density at radius 1 is 1.47 bits per heavy atom. The Kier molecular flexibility index (Phi) is 4.23. The van der Waals surface area contributed by atoms with Crippen molar-refractivity contribution in [2.45, 2.75) is 12.5 Å². The fourth-order valence-corrected chi connectivity index (χ4v) is 4.23. The van der Waals surface area contributed by atoms with Crippen LogP contribution in [0, 0.1) is 2.88 Å². The van der Waals surface area contributed by atoms with Gasteiger partial charge >= 0.3 is 0 Å². The van der Waals surface area contributed by atoms with E-state index in [0.717, 1.165) is 10.0 Å². The number of hydrogen-bond donors (Lipinski definition) is 1. The smallest absolute Gasteiger partial charge is 0.0847 e. The first kappa shape index (κ1) is 12.0. The van der Waals surface area contributed by atoms with Crippen LogP contribution in [-0.2, 0) is 6.42 Å². The molecule has 0 spiro atoms. The number of aliphatic hydroxyl groups is 1. The Balaban J connectivity index is 2.10. The van der Waals surface area contributed by atoms with Crippen LogP contribution in [-0.4, -0.2) is 5.11 Å². The van der Waals surface area contributed by atoms with Gasteiger partial charge in [-0.15, -0.1) is 22.7 Å². The summed E-state index contributed by atoms with van der Waals surface area (Å²) in [6.45, 7) is 0. The normalized spacial score (nSPS) is 13.0. The molecule has 1 N–H and O–H groups in total. The van der Waals surface area contributed by atoms with Gasteiger partial charge in [0.05, 0.1) is 8.99 Å². The highest BCUT2D eigenvalue weighted by molar-refractivity contribution is 14.1. The molecule has 0 saturated carbocycles. The van der Waals surface area contributed by atoms with Gasteiger partial charge in [-0.1, -0.05) is 0 Å². The monoisotopic (exact) mass is 414 g/mol. The largest absolute Gasteiger partial charge is 0.388 e. The van der Waals surface area contributed by atoms with Gasteiger partial charge in [0.25, 0.3) is 0 Å². The minimum Gasteiger partial charge on any atom is -0.388 e. The first-order chi connectivity index (χ1) is 7.16. The van der Waals surface area contributed by atoms with E-state index in [4.69, 9.17) is 0 Å². The van der Waals surface area contributed by atoms with Crippen molar-refractivity contribution in [3.8, 4) is 0 Å². The molecule has 1 nitrogen and oxygen atoms in total. The van der Waals surface area contributed by atoms with Gasteiger partial charge in [0.15, 0.2) is 0 Å². The van der Waals surface area contributed by atoms with E-state index in [-0.39, 0.29) is 6.10 Å². The number of aliphatic hydroxyl groups excluding tert-OH is 1. The van der Waals surface area contributed by atoms with Gasteiger partial charge in [-0.2, -0.15) is 0 Å². The first-order valence-electron chi connectivity index (χ1n) is 4.30. The fraction of sp³-hybridized carbons (Fsp3) is 0.200. The quantitative estimate of drug-likeness (QED) is 0.735. The molecule has 0 fully saturated rings. The molecule has 1 unspecified atom stereocenters. The van der Waals surface area contributed by atoms with Gasteiger partial charge in [-0.3, -0.25) is 0 Å². The molecule has 2 aromatic rings. The van der Waals surface area contributed by atoms with Crippen molar-refractivity contribution in [1.29, 1.82) is 0 Å². The Morgan fingerprint density at radius 3 is 2.80 bits per heavy atom. The van der Waals surface area contributed by atoms with Crippen molar-refractivity contribution < 1.29 is 5.11 Å². The van der Waals surface area contributed by atoms with Crippen LogP contribution in [0.4, 0.5) is 0 Å². The van der Waals surface area contributed by atoms with Crippen LogP contribution in [0.1, 0.15) is 16.5 Å². The molecule has 2 aromatic heterocycles. The van der Waals surface area contributed by atoms with Gasteiger partial charge in [0, 0.05) is 15.8 Å². The lowest BCUT2D eigenvalue weighted by Crippen LogP contribution is -1.99. The Labute approximate surface area is 118 Å². The maximum absolute atomic E-state index is 10.0. The molecular weight excluding hydrogens is 407 g/mol. The Bertz CT molecular complexity index is 452.